The number of nitrogens with two attached hydrogens (primary N) is 1. The van der Waals surface area contributed by atoms with E-state index in [2.05, 4.69) is 35.8 Å². The first-order valence-corrected chi connectivity index (χ1v) is 13.7. The second-order valence-corrected chi connectivity index (χ2v) is 11.5. The zero-order valence-corrected chi connectivity index (χ0v) is 24.2. The second kappa shape index (κ2) is 12.5. The molecule has 3 N–H and O–H groups in total. The highest BCUT2D eigenvalue weighted by molar-refractivity contribution is 6.07. The van der Waals surface area contributed by atoms with Gasteiger partial charge in [-0.05, 0) is 84.9 Å². The Morgan fingerprint density at radius 3 is 2.26 bits per heavy atom. The van der Waals surface area contributed by atoms with Gasteiger partial charge in [0.25, 0.3) is 11.8 Å². The van der Waals surface area contributed by atoms with E-state index in [1.54, 1.807) is 6.07 Å². The first-order chi connectivity index (χ1) is 20.1. The summed E-state index contributed by atoms with van der Waals surface area (Å²) in [4.78, 5) is 28.7. The molecule has 0 bridgehead atoms. The van der Waals surface area contributed by atoms with Crippen LogP contribution in [0.15, 0.2) is 48.7 Å². The molecule has 1 heterocycles. The number of aromatic nitrogens is 1. The molecule has 0 saturated heterocycles. The number of rotatable bonds is 8. The Hall–Kier alpha value is -4.35. The van der Waals surface area contributed by atoms with E-state index in [4.69, 9.17) is 15.2 Å². The number of amides is 2. The molecular formula is C31H33F4N3O5. The third-order valence-corrected chi connectivity index (χ3v) is 7.59. The van der Waals surface area contributed by atoms with Crippen molar-refractivity contribution >= 4 is 17.5 Å². The summed E-state index contributed by atoms with van der Waals surface area (Å²) in [6, 6.07) is 8.67. The van der Waals surface area contributed by atoms with Crippen molar-refractivity contribution in [3.8, 4) is 23.0 Å². The summed E-state index contributed by atoms with van der Waals surface area (Å²) in [6.07, 6.45) is -0.141. The Kier molecular flexibility index (Phi) is 9.17. The van der Waals surface area contributed by atoms with Gasteiger partial charge in [0.2, 0.25) is 0 Å². The molecule has 2 aromatic carbocycles. The maximum absolute atomic E-state index is 15.8. The van der Waals surface area contributed by atoms with Crippen LogP contribution in [-0.2, 0) is 0 Å². The highest BCUT2D eigenvalue weighted by Gasteiger charge is 2.33. The molecule has 4 rings (SSSR count). The number of carbonyl (C=O) groups is 2. The first kappa shape index (κ1) is 31.6. The van der Waals surface area contributed by atoms with Gasteiger partial charge in [0.15, 0.2) is 11.5 Å². The predicted octanol–water partition coefficient (Wildman–Crippen LogP) is 7.59. The van der Waals surface area contributed by atoms with Crippen molar-refractivity contribution in [2.45, 2.75) is 58.7 Å². The van der Waals surface area contributed by atoms with Crippen LogP contribution in [-0.4, -0.2) is 30.3 Å². The van der Waals surface area contributed by atoms with Crippen molar-refractivity contribution in [2.75, 3.05) is 12.4 Å². The number of methoxy groups -OCH3 is 1. The molecule has 1 fully saturated rings. The minimum Gasteiger partial charge on any atom is -0.493 e. The highest BCUT2D eigenvalue weighted by Crippen LogP contribution is 2.45. The molecule has 230 valence electrons. The van der Waals surface area contributed by atoms with Crippen LogP contribution in [0.3, 0.4) is 0 Å². The van der Waals surface area contributed by atoms with Crippen LogP contribution in [0.1, 0.15) is 78.8 Å². The lowest BCUT2D eigenvalue weighted by Crippen LogP contribution is -2.25. The number of nitrogens with one attached hydrogen (secondary N) is 1. The molecule has 0 atom stereocenters. The maximum Gasteiger partial charge on any atom is 0.573 e. The van der Waals surface area contributed by atoms with Crippen molar-refractivity contribution in [1.29, 1.82) is 0 Å². The van der Waals surface area contributed by atoms with Gasteiger partial charge in [0.1, 0.15) is 28.6 Å². The van der Waals surface area contributed by atoms with E-state index >= 15 is 4.39 Å². The number of alkyl halides is 3. The van der Waals surface area contributed by atoms with E-state index in [0.717, 1.165) is 37.8 Å². The molecule has 8 nitrogen and oxygen atoms in total. The number of hydrogen-bond donors (Lipinski definition) is 2. The van der Waals surface area contributed by atoms with E-state index in [1.165, 1.54) is 37.6 Å². The van der Waals surface area contributed by atoms with E-state index in [-0.39, 0.29) is 40.0 Å². The summed E-state index contributed by atoms with van der Waals surface area (Å²) in [5, 5.41) is 2.52. The van der Waals surface area contributed by atoms with Gasteiger partial charge in [0.05, 0.1) is 7.11 Å². The molecule has 1 aromatic heterocycles. The third kappa shape index (κ3) is 7.94. The van der Waals surface area contributed by atoms with Crippen LogP contribution < -0.4 is 25.3 Å². The lowest BCUT2D eigenvalue weighted by molar-refractivity contribution is -0.274. The largest absolute Gasteiger partial charge is 0.573 e. The van der Waals surface area contributed by atoms with Crippen LogP contribution in [0.4, 0.5) is 23.2 Å². The fourth-order valence-electron chi connectivity index (χ4n) is 5.32. The normalized spacial score (nSPS) is 17.2. The topological polar surface area (TPSA) is 113 Å². The third-order valence-electron chi connectivity index (χ3n) is 7.59. The fourth-order valence-corrected chi connectivity index (χ4v) is 5.32. The average Bonchev–Trinajstić information content (AvgIpc) is 2.92. The number of primary amides is 1. The highest BCUT2D eigenvalue weighted by atomic mass is 19.4. The molecule has 0 radical (unpaired) electrons. The summed E-state index contributed by atoms with van der Waals surface area (Å²) >= 11 is 0. The Balaban J connectivity index is 1.71. The van der Waals surface area contributed by atoms with Crippen LogP contribution in [0.2, 0.25) is 0 Å². The molecule has 1 saturated carbocycles. The number of benzene rings is 2. The van der Waals surface area contributed by atoms with E-state index in [9.17, 15) is 22.8 Å². The van der Waals surface area contributed by atoms with Crippen molar-refractivity contribution in [3.63, 3.8) is 0 Å². The zero-order chi connectivity index (χ0) is 31.5. The number of anilines is 1. The molecule has 1 aliphatic carbocycles. The van der Waals surface area contributed by atoms with Gasteiger partial charge in [-0.15, -0.1) is 13.2 Å². The van der Waals surface area contributed by atoms with E-state index in [0.29, 0.717) is 11.5 Å². The summed E-state index contributed by atoms with van der Waals surface area (Å²) in [6.45, 7) is 6.60. The minimum absolute atomic E-state index is 0.00957. The lowest BCUT2D eigenvalue weighted by atomic mass is 9.68. The number of ether oxygens (including phenoxy) is 3. The van der Waals surface area contributed by atoms with Crippen molar-refractivity contribution in [3.05, 3.63) is 71.3 Å². The number of carbonyl (C=O) groups excluding carboxylic acids is 2. The van der Waals surface area contributed by atoms with Gasteiger partial charge in [-0.3, -0.25) is 14.6 Å². The molecular weight excluding hydrogens is 570 g/mol. The molecule has 2 amide bonds. The quantitative estimate of drug-likeness (QED) is 0.257. The van der Waals surface area contributed by atoms with Gasteiger partial charge in [-0.1, -0.05) is 20.8 Å². The average molecular weight is 604 g/mol. The Labute approximate surface area is 246 Å². The Morgan fingerprint density at radius 1 is 0.953 bits per heavy atom. The fraction of sp³-hybridized carbons (Fsp3) is 0.387. The Morgan fingerprint density at radius 2 is 1.65 bits per heavy atom. The monoisotopic (exact) mass is 603 g/mol. The number of nitrogens with zero attached hydrogens (tertiary/aromatic N) is 1. The summed E-state index contributed by atoms with van der Waals surface area (Å²) in [7, 11) is 1.22. The predicted molar refractivity (Wildman–Crippen MR) is 151 cm³/mol. The van der Waals surface area contributed by atoms with Crippen LogP contribution in [0, 0.1) is 17.2 Å². The molecule has 0 unspecified atom stereocenters. The van der Waals surface area contributed by atoms with E-state index in [1.807, 2.05) is 0 Å². The van der Waals surface area contributed by atoms with Crippen molar-refractivity contribution < 1.29 is 41.4 Å². The van der Waals surface area contributed by atoms with Crippen LogP contribution >= 0.6 is 0 Å². The van der Waals surface area contributed by atoms with Gasteiger partial charge in [-0.25, -0.2) is 4.39 Å². The minimum atomic E-state index is -4.93. The summed E-state index contributed by atoms with van der Waals surface area (Å²) in [5.74, 6) is -2.97. The lowest BCUT2D eigenvalue weighted by Gasteiger charge is -2.37. The molecule has 12 heteroatoms. The summed E-state index contributed by atoms with van der Waals surface area (Å²) < 4.78 is 69.2. The number of pyridine rings is 1. The molecule has 43 heavy (non-hydrogen) atoms. The first-order valence-electron chi connectivity index (χ1n) is 13.7. The molecule has 3 aromatic rings. The van der Waals surface area contributed by atoms with Gasteiger partial charge < -0.3 is 25.3 Å². The summed E-state index contributed by atoms with van der Waals surface area (Å²) in [5.41, 5.74) is 5.62. The SMILES string of the molecule is COc1cc(OC(F)(F)F)ccc1Oc1cc(C2CCC(C(C)(C)C)CC2)cc(F)c1C(=O)Nc1ccnc(C(N)=O)c1. The molecule has 0 spiro atoms. The van der Waals surface area contributed by atoms with Crippen LogP contribution in [0.25, 0.3) is 0 Å². The zero-order valence-electron chi connectivity index (χ0n) is 24.2. The second-order valence-electron chi connectivity index (χ2n) is 11.5. The van der Waals surface area contributed by atoms with E-state index < -0.39 is 35.3 Å². The van der Waals surface area contributed by atoms with Gasteiger partial charge >= 0.3 is 6.36 Å². The van der Waals surface area contributed by atoms with Gasteiger partial charge in [0, 0.05) is 18.0 Å². The van der Waals surface area contributed by atoms with Crippen LogP contribution in [0.5, 0.6) is 23.0 Å². The van der Waals surface area contributed by atoms with Crippen molar-refractivity contribution in [1.82, 2.24) is 4.98 Å². The molecule has 0 aliphatic heterocycles. The smallest absolute Gasteiger partial charge is 0.493 e. The standard InChI is InChI=1S/C31H33F4N3O5/c1-30(2,3)19-7-5-17(6-8-19)18-13-22(32)27(29(40)38-20-11-12-37-23(15-20)28(36)39)26(14-18)42-24-10-9-21(16-25(24)41-4)43-31(33,34)35/h9-17,19H,5-8H2,1-4H3,(H2,36,39)(H,37,38,40). The van der Waals surface area contributed by atoms with Crippen molar-refractivity contribution in [2.24, 2.45) is 17.1 Å². The molecule has 1 aliphatic rings. The number of halogens is 4. The maximum atomic E-state index is 15.8. The number of hydrogen-bond acceptors (Lipinski definition) is 6. The Bertz CT molecular complexity index is 1500. The van der Waals surface area contributed by atoms with Gasteiger partial charge in [-0.2, -0.15) is 0 Å².